The number of rotatable bonds is 6. The van der Waals surface area contributed by atoms with Crippen LogP contribution in [0.5, 0.6) is 5.75 Å². The van der Waals surface area contributed by atoms with E-state index in [1.54, 1.807) is 31.2 Å². The zero-order valence-electron chi connectivity index (χ0n) is 10.8. The summed E-state index contributed by atoms with van der Waals surface area (Å²) in [6, 6.07) is 6.23. The highest BCUT2D eigenvalue weighted by molar-refractivity contribution is 5.85. The molecule has 6 heteroatoms. The first-order chi connectivity index (χ1) is 9.06. The Hall–Kier alpha value is -2.37. The normalized spacial score (nSPS) is 9.58. The fourth-order valence-electron chi connectivity index (χ4n) is 1.41. The largest absolute Gasteiger partial charge is 0.465 e. The molecule has 0 aromatic heterocycles. The highest BCUT2D eigenvalue weighted by Gasteiger charge is 2.11. The summed E-state index contributed by atoms with van der Waals surface area (Å²) in [5.74, 6) is -0.539. The van der Waals surface area contributed by atoms with Crippen molar-refractivity contribution >= 4 is 24.0 Å². The molecule has 1 aromatic carbocycles. The number of nitrogens with zero attached hydrogens (tertiary/aromatic N) is 1. The van der Waals surface area contributed by atoms with Crippen LogP contribution in [0, 0.1) is 0 Å². The van der Waals surface area contributed by atoms with Crippen LogP contribution < -0.4 is 9.64 Å². The molecule has 1 aromatic rings. The molecule has 0 unspecified atom stereocenters. The Labute approximate surface area is 110 Å². The molecular weight excluding hydrogens is 250 g/mol. The van der Waals surface area contributed by atoms with Crippen LogP contribution in [0.2, 0.25) is 0 Å². The van der Waals surface area contributed by atoms with Crippen molar-refractivity contribution in [2.45, 2.75) is 13.8 Å². The van der Waals surface area contributed by atoms with Crippen molar-refractivity contribution in [1.29, 1.82) is 0 Å². The van der Waals surface area contributed by atoms with Crippen molar-refractivity contribution in [2.24, 2.45) is 0 Å². The third-order valence-corrected chi connectivity index (χ3v) is 2.16. The first kappa shape index (κ1) is 14.7. The topological polar surface area (TPSA) is 72.9 Å². The molecule has 19 heavy (non-hydrogen) atoms. The van der Waals surface area contributed by atoms with E-state index in [4.69, 9.17) is 9.47 Å². The van der Waals surface area contributed by atoms with Gasteiger partial charge in [0.25, 0.3) is 0 Å². The van der Waals surface area contributed by atoms with Gasteiger partial charge in [-0.1, -0.05) is 0 Å². The number of hydrogen-bond donors (Lipinski definition) is 0. The zero-order valence-corrected chi connectivity index (χ0v) is 10.8. The number of benzene rings is 1. The lowest BCUT2D eigenvalue weighted by molar-refractivity contribution is -0.141. The number of anilines is 1. The summed E-state index contributed by atoms with van der Waals surface area (Å²) in [6.07, 6.45) is 0.539. The summed E-state index contributed by atoms with van der Waals surface area (Å²) in [5.41, 5.74) is 0.513. The SMILES string of the molecule is CCOC(=O)CN(C=O)c1ccc(OC(C)=O)cc1. The van der Waals surface area contributed by atoms with Gasteiger partial charge < -0.3 is 14.4 Å². The lowest BCUT2D eigenvalue weighted by Crippen LogP contribution is -2.29. The van der Waals surface area contributed by atoms with E-state index in [1.165, 1.54) is 11.8 Å². The maximum absolute atomic E-state index is 11.3. The molecule has 1 rings (SSSR count). The van der Waals surface area contributed by atoms with Crippen LogP contribution in [-0.4, -0.2) is 31.5 Å². The minimum atomic E-state index is -0.487. The van der Waals surface area contributed by atoms with Gasteiger partial charge in [-0.15, -0.1) is 0 Å². The van der Waals surface area contributed by atoms with Gasteiger partial charge in [0, 0.05) is 12.6 Å². The van der Waals surface area contributed by atoms with Crippen LogP contribution >= 0.6 is 0 Å². The summed E-state index contributed by atoms with van der Waals surface area (Å²) in [7, 11) is 0. The highest BCUT2D eigenvalue weighted by Crippen LogP contribution is 2.18. The van der Waals surface area contributed by atoms with E-state index in [-0.39, 0.29) is 13.2 Å². The number of esters is 2. The van der Waals surface area contributed by atoms with E-state index in [2.05, 4.69) is 0 Å². The molecule has 102 valence electrons. The Morgan fingerprint density at radius 2 is 1.89 bits per heavy atom. The fourth-order valence-corrected chi connectivity index (χ4v) is 1.41. The molecule has 0 aliphatic carbocycles. The van der Waals surface area contributed by atoms with E-state index in [9.17, 15) is 14.4 Å². The molecule has 0 saturated carbocycles. The molecule has 0 saturated heterocycles. The minimum absolute atomic E-state index is 0.162. The molecule has 6 nitrogen and oxygen atoms in total. The van der Waals surface area contributed by atoms with Gasteiger partial charge in [0.1, 0.15) is 12.3 Å². The Morgan fingerprint density at radius 3 is 2.37 bits per heavy atom. The molecule has 0 fully saturated rings. The Balaban J connectivity index is 2.73. The summed E-state index contributed by atoms with van der Waals surface area (Å²) >= 11 is 0. The highest BCUT2D eigenvalue weighted by atomic mass is 16.5. The van der Waals surface area contributed by atoms with Gasteiger partial charge >= 0.3 is 11.9 Å². The molecular formula is C13H15NO5. The number of hydrogen-bond acceptors (Lipinski definition) is 5. The van der Waals surface area contributed by atoms with Crippen molar-refractivity contribution in [3.05, 3.63) is 24.3 Å². The molecule has 0 N–H and O–H groups in total. The van der Waals surface area contributed by atoms with E-state index in [1.807, 2.05) is 0 Å². The Kier molecular flexibility index (Phi) is 5.53. The Morgan fingerprint density at radius 1 is 1.26 bits per heavy atom. The second-order valence-electron chi connectivity index (χ2n) is 3.63. The predicted molar refractivity (Wildman–Crippen MR) is 67.8 cm³/mol. The van der Waals surface area contributed by atoms with Crippen LogP contribution in [0.15, 0.2) is 24.3 Å². The second-order valence-corrected chi connectivity index (χ2v) is 3.63. The van der Waals surface area contributed by atoms with Crippen molar-refractivity contribution in [2.75, 3.05) is 18.1 Å². The van der Waals surface area contributed by atoms with Gasteiger partial charge in [-0.2, -0.15) is 0 Å². The smallest absolute Gasteiger partial charge is 0.326 e. The quantitative estimate of drug-likeness (QED) is 0.438. The van der Waals surface area contributed by atoms with Gasteiger partial charge in [0.05, 0.1) is 6.61 Å². The van der Waals surface area contributed by atoms with E-state index in [0.29, 0.717) is 17.8 Å². The summed E-state index contributed by atoms with van der Waals surface area (Å²) in [6.45, 7) is 3.09. The summed E-state index contributed by atoms with van der Waals surface area (Å²) < 4.78 is 9.63. The molecule has 0 aliphatic rings. The van der Waals surface area contributed by atoms with Crippen molar-refractivity contribution in [3.8, 4) is 5.75 Å². The van der Waals surface area contributed by atoms with Crippen LogP contribution in [0.1, 0.15) is 13.8 Å². The summed E-state index contributed by atoms with van der Waals surface area (Å²) in [5, 5.41) is 0. The monoisotopic (exact) mass is 265 g/mol. The molecule has 1 amide bonds. The third kappa shape index (κ3) is 4.79. The zero-order chi connectivity index (χ0) is 14.3. The van der Waals surface area contributed by atoms with Crippen molar-refractivity contribution in [3.63, 3.8) is 0 Å². The van der Waals surface area contributed by atoms with Gasteiger partial charge in [0.2, 0.25) is 6.41 Å². The first-order valence-electron chi connectivity index (χ1n) is 5.73. The number of carbonyl (C=O) groups is 3. The third-order valence-electron chi connectivity index (χ3n) is 2.16. The van der Waals surface area contributed by atoms with Gasteiger partial charge in [-0.3, -0.25) is 14.4 Å². The maximum atomic E-state index is 11.3. The molecule has 0 atom stereocenters. The summed E-state index contributed by atoms with van der Waals surface area (Å²) in [4.78, 5) is 34.2. The minimum Gasteiger partial charge on any atom is -0.465 e. The molecule has 0 heterocycles. The van der Waals surface area contributed by atoms with Crippen LogP contribution in [0.25, 0.3) is 0 Å². The average Bonchev–Trinajstić information content (AvgIpc) is 2.37. The maximum Gasteiger partial charge on any atom is 0.326 e. The second kappa shape index (κ2) is 7.15. The molecule has 0 bridgehead atoms. The molecule has 0 spiro atoms. The van der Waals surface area contributed by atoms with Gasteiger partial charge in [-0.05, 0) is 31.2 Å². The van der Waals surface area contributed by atoms with Crippen LogP contribution in [0.3, 0.4) is 0 Å². The number of carbonyl (C=O) groups excluding carboxylic acids is 3. The van der Waals surface area contributed by atoms with Crippen LogP contribution in [-0.2, 0) is 19.1 Å². The van der Waals surface area contributed by atoms with E-state index in [0.717, 1.165) is 0 Å². The van der Waals surface area contributed by atoms with E-state index >= 15 is 0 Å². The van der Waals surface area contributed by atoms with Crippen molar-refractivity contribution < 1.29 is 23.9 Å². The van der Waals surface area contributed by atoms with Crippen molar-refractivity contribution in [1.82, 2.24) is 0 Å². The average molecular weight is 265 g/mol. The lowest BCUT2D eigenvalue weighted by Gasteiger charge is -2.16. The number of amides is 1. The lowest BCUT2D eigenvalue weighted by atomic mass is 10.3. The molecule has 0 aliphatic heterocycles. The molecule has 0 radical (unpaired) electrons. The number of ether oxygens (including phenoxy) is 2. The fraction of sp³-hybridized carbons (Fsp3) is 0.308. The first-order valence-corrected chi connectivity index (χ1v) is 5.73. The predicted octanol–water partition coefficient (Wildman–Crippen LogP) is 1.14. The van der Waals surface area contributed by atoms with Gasteiger partial charge in [-0.25, -0.2) is 0 Å². The Bertz CT molecular complexity index is 455. The van der Waals surface area contributed by atoms with Crippen LogP contribution in [0.4, 0.5) is 5.69 Å². The van der Waals surface area contributed by atoms with E-state index < -0.39 is 11.9 Å². The van der Waals surface area contributed by atoms with Gasteiger partial charge in [0.15, 0.2) is 0 Å². The standard InChI is InChI=1S/C13H15NO5/c1-3-18-13(17)8-14(9-15)11-4-6-12(7-5-11)19-10(2)16/h4-7,9H,3,8H2,1-2H3.